The van der Waals surface area contributed by atoms with Gasteiger partial charge in [0.2, 0.25) is 0 Å². The number of nitrogens with zero attached hydrogens (tertiary/aromatic N) is 7. The van der Waals surface area contributed by atoms with Crippen molar-refractivity contribution in [1.29, 1.82) is 0 Å². The van der Waals surface area contributed by atoms with E-state index in [4.69, 9.17) is 19.4 Å². The van der Waals surface area contributed by atoms with Gasteiger partial charge in [0.05, 0.1) is 24.9 Å². The fraction of sp³-hybridized carbons (Fsp3) is 0.433. The number of aryl methyl sites for hydroxylation is 1. The van der Waals surface area contributed by atoms with Gasteiger partial charge >= 0.3 is 12.1 Å². The summed E-state index contributed by atoms with van der Waals surface area (Å²) < 4.78 is 55.4. The lowest BCUT2D eigenvalue weighted by molar-refractivity contribution is -0.169. The van der Waals surface area contributed by atoms with Crippen LogP contribution in [-0.2, 0) is 25.0 Å². The zero-order valence-corrected chi connectivity index (χ0v) is 25.4. The van der Waals surface area contributed by atoms with E-state index >= 15 is 0 Å². The van der Waals surface area contributed by atoms with Crippen LogP contribution in [-0.4, -0.2) is 75.5 Å². The van der Waals surface area contributed by atoms with E-state index in [9.17, 15) is 18.0 Å². The molecule has 0 aromatic carbocycles. The second-order valence-electron chi connectivity index (χ2n) is 10.8. The van der Waals surface area contributed by atoms with Crippen LogP contribution in [0, 0.1) is 6.92 Å². The van der Waals surface area contributed by atoms with Crippen LogP contribution in [0.3, 0.4) is 0 Å². The highest BCUT2D eigenvalue weighted by Crippen LogP contribution is 2.38. The smallest absolute Gasteiger partial charge is 0.377 e. The number of aromatic nitrogens is 5. The lowest BCUT2D eigenvalue weighted by Gasteiger charge is -2.34. The molecule has 0 bridgehead atoms. The van der Waals surface area contributed by atoms with Crippen LogP contribution in [0.25, 0.3) is 33.4 Å². The van der Waals surface area contributed by atoms with E-state index in [0.717, 1.165) is 47.3 Å². The van der Waals surface area contributed by atoms with Crippen molar-refractivity contribution in [2.24, 2.45) is 4.36 Å². The molecule has 0 spiro atoms. The molecular formula is C30H32F3N7O3S. The van der Waals surface area contributed by atoms with Gasteiger partial charge in [-0.15, -0.1) is 0 Å². The Labute approximate surface area is 254 Å². The van der Waals surface area contributed by atoms with Crippen molar-refractivity contribution in [2.75, 3.05) is 37.5 Å². The summed E-state index contributed by atoms with van der Waals surface area (Å²) in [5, 5.41) is 5.72. The van der Waals surface area contributed by atoms with Crippen molar-refractivity contribution in [1.82, 2.24) is 24.7 Å². The van der Waals surface area contributed by atoms with Crippen LogP contribution in [0.5, 0.6) is 0 Å². The van der Waals surface area contributed by atoms with Gasteiger partial charge in [0.1, 0.15) is 22.1 Å². The van der Waals surface area contributed by atoms with Crippen molar-refractivity contribution < 1.29 is 27.4 Å². The summed E-state index contributed by atoms with van der Waals surface area (Å²) in [6.07, 6.45) is 2.63. The molecule has 2 unspecified atom stereocenters. The van der Waals surface area contributed by atoms with Crippen LogP contribution >= 0.6 is 0 Å². The van der Waals surface area contributed by atoms with E-state index in [1.54, 1.807) is 25.4 Å². The first kappa shape index (κ1) is 30.3. The fourth-order valence-corrected chi connectivity index (χ4v) is 6.60. The van der Waals surface area contributed by atoms with E-state index in [0.29, 0.717) is 48.3 Å². The zero-order valence-electron chi connectivity index (χ0n) is 24.5. The number of ether oxygens (including phenoxy) is 2. The number of alkyl halides is 3. The number of pyridine rings is 3. The van der Waals surface area contributed by atoms with Gasteiger partial charge in [-0.2, -0.15) is 22.6 Å². The van der Waals surface area contributed by atoms with Gasteiger partial charge in [-0.05, 0) is 86.0 Å². The van der Waals surface area contributed by atoms with E-state index < -0.39 is 22.8 Å². The highest BCUT2D eigenvalue weighted by atomic mass is 32.2. The first-order valence-electron chi connectivity index (χ1n) is 14.4. The summed E-state index contributed by atoms with van der Waals surface area (Å²) in [4.78, 5) is 28.2. The van der Waals surface area contributed by atoms with Crippen molar-refractivity contribution in [3.63, 3.8) is 0 Å². The van der Waals surface area contributed by atoms with E-state index in [2.05, 4.69) is 26.3 Å². The largest absolute Gasteiger partial charge is 0.474 e. The Morgan fingerprint density at radius 1 is 1.09 bits per heavy atom. The predicted molar refractivity (Wildman–Crippen MR) is 160 cm³/mol. The molecule has 0 N–H and O–H groups in total. The molecule has 10 nitrogen and oxygen atoms in total. The number of amides is 1. The number of carbonyl (C=O) groups excluding carboxylic acids is 1. The summed E-state index contributed by atoms with van der Waals surface area (Å²) in [6, 6.07) is 9.36. The third-order valence-electron chi connectivity index (χ3n) is 7.83. The zero-order chi connectivity index (χ0) is 31.0. The van der Waals surface area contributed by atoms with Crippen LogP contribution < -0.4 is 4.90 Å². The Bertz CT molecular complexity index is 1740. The maximum Gasteiger partial charge on any atom is 0.474 e. The van der Waals surface area contributed by atoms with Gasteiger partial charge in [0.15, 0.2) is 6.23 Å². The van der Waals surface area contributed by atoms with E-state index in [1.807, 2.05) is 28.9 Å². The number of morpholine rings is 1. The molecule has 3 atom stereocenters. The lowest BCUT2D eigenvalue weighted by atomic mass is 9.99. The maximum absolute atomic E-state index is 12.8. The van der Waals surface area contributed by atoms with Crippen LogP contribution in [0.4, 0.5) is 19.0 Å². The molecule has 6 rings (SSSR count). The highest BCUT2D eigenvalue weighted by molar-refractivity contribution is 7.86. The van der Waals surface area contributed by atoms with Gasteiger partial charge in [0.25, 0.3) is 0 Å². The summed E-state index contributed by atoms with van der Waals surface area (Å²) in [5.41, 5.74) is 4.36. The number of hydrogen-bond donors (Lipinski definition) is 0. The minimum Gasteiger partial charge on any atom is -0.377 e. The van der Waals surface area contributed by atoms with Crippen LogP contribution in [0.2, 0.25) is 0 Å². The molecule has 0 aliphatic carbocycles. The Hall–Kier alpha value is -3.75. The lowest BCUT2D eigenvalue weighted by Crippen LogP contribution is -2.44. The summed E-state index contributed by atoms with van der Waals surface area (Å²) in [6.45, 7) is 6.34. The third-order valence-corrected chi connectivity index (χ3v) is 9.11. The number of halogens is 3. The van der Waals surface area contributed by atoms with Crippen LogP contribution in [0.15, 0.2) is 52.1 Å². The van der Waals surface area contributed by atoms with Crippen molar-refractivity contribution >= 4 is 33.3 Å². The van der Waals surface area contributed by atoms with E-state index in [-0.39, 0.29) is 12.3 Å². The Morgan fingerprint density at radius 3 is 2.66 bits per heavy atom. The van der Waals surface area contributed by atoms with E-state index in [1.165, 1.54) is 6.26 Å². The number of rotatable bonds is 5. The van der Waals surface area contributed by atoms with Crippen LogP contribution in [0.1, 0.15) is 38.1 Å². The van der Waals surface area contributed by atoms with Crippen molar-refractivity contribution in [3.05, 3.63) is 48.4 Å². The SMILES string of the molecule is Cc1nc(/S(C)=N/C(=O)C(F)(F)F)ccc1-c1cc(N2CCOC[C@H]2C)nc2c(-c3ccnn3C3CCCCO3)nccc12. The summed E-state index contributed by atoms with van der Waals surface area (Å²) in [7, 11) is -1.38. The molecular weight excluding hydrogens is 595 g/mol. The molecule has 0 saturated carbocycles. The Kier molecular flexibility index (Phi) is 8.49. The number of carbonyl (C=O) groups is 1. The topological polar surface area (TPSA) is 108 Å². The van der Waals surface area contributed by atoms with Crippen molar-refractivity contribution in [3.8, 4) is 22.5 Å². The number of hydrogen-bond acceptors (Lipinski definition) is 8. The molecule has 2 fully saturated rings. The normalized spacial score (nSPS) is 20.3. The molecule has 1 amide bonds. The average Bonchev–Trinajstić information content (AvgIpc) is 3.50. The second kappa shape index (κ2) is 12.3. The Morgan fingerprint density at radius 2 is 1.93 bits per heavy atom. The standard InChI is InChI=1S/C30H32F3N7O3S/c1-18-17-42-15-13-39(18)24-16-22(20-7-8-25(36-19(20)2)44(3)38-29(41)30(31,32)33)21-9-11-34-28(27(21)37-24)23-10-12-35-40(23)26-6-4-5-14-43-26/h7-12,16,18,26H,4-6,13-15,17H2,1-3H3/t18-,26?,44?/m1/s1. The van der Waals surface area contributed by atoms with Gasteiger partial charge in [-0.25, -0.2) is 14.6 Å². The van der Waals surface area contributed by atoms with Gasteiger partial charge in [0, 0.05) is 42.2 Å². The molecule has 232 valence electrons. The van der Waals surface area contributed by atoms with Crippen molar-refractivity contribution in [2.45, 2.75) is 56.6 Å². The molecule has 6 heterocycles. The third kappa shape index (κ3) is 5.97. The average molecular weight is 628 g/mol. The van der Waals surface area contributed by atoms with Gasteiger partial charge in [-0.3, -0.25) is 9.78 Å². The fourth-order valence-electron chi connectivity index (χ4n) is 5.62. The second-order valence-corrected chi connectivity index (χ2v) is 12.4. The van der Waals surface area contributed by atoms with Gasteiger partial charge in [-0.1, -0.05) is 0 Å². The monoisotopic (exact) mass is 627 g/mol. The molecule has 4 aromatic heterocycles. The Balaban J connectivity index is 1.51. The highest BCUT2D eigenvalue weighted by Gasteiger charge is 2.39. The first-order valence-corrected chi connectivity index (χ1v) is 16.0. The quantitative estimate of drug-likeness (QED) is 0.279. The molecule has 14 heteroatoms. The molecule has 4 aromatic rings. The predicted octanol–water partition coefficient (Wildman–Crippen LogP) is 5.67. The molecule has 2 saturated heterocycles. The minimum absolute atomic E-state index is 0.0827. The number of fused-ring (bicyclic) bond motifs is 1. The number of anilines is 1. The molecule has 2 aliphatic heterocycles. The molecule has 2 aliphatic rings. The summed E-state index contributed by atoms with van der Waals surface area (Å²) >= 11 is 0. The summed E-state index contributed by atoms with van der Waals surface area (Å²) in [5.74, 6) is -1.36. The first-order chi connectivity index (χ1) is 21.1. The van der Waals surface area contributed by atoms with Gasteiger partial charge < -0.3 is 14.4 Å². The minimum atomic E-state index is -5.02. The molecule has 0 radical (unpaired) electrons. The maximum atomic E-state index is 12.8. The molecule has 44 heavy (non-hydrogen) atoms.